The number of aliphatic carboxylic acids is 1. The SMILES string of the molecule is O=C(O)CNC(=O)c1ncc(N2CCN(CCOc3ccc(O)cc3)CC2)cc1O. The molecular formula is C20H24N4O6. The first-order valence-electron chi connectivity index (χ1n) is 9.50. The molecule has 1 fully saturated rings. The van der Waals surface area contributed by atoms with Crippen molar-refractivity contribution in [2.24, 2.45) is 0 Å². The summed E-state index contributed by atoms with van der Waals surface area (Å²) in [4.78, 5) is 30.7. The first-order chi connectivity index (χ1) is 14.4. The molecule has 1 aliphatic heterocycles. The summed E-state index contributed by atoms with van der Waals surface area (Å²) in [7, 11) is 0. The highest BCUT2D eigenvalue weighted by atomic mass is 16.5. The molecule has 2 aromatic rings. The van der Waals surface area contributed by atoms with Gasteiger partial charge in [-0.15, -0.1) is 0 Å². The fourth-order valence-corrected chi connectivity index (χ4v) is 3.09. The molecule has 1 saturated heterocycles. The van der Waals surface area contributed by atoms with E-state index < -0.39 is 18.4 Å². The molecule has 0 spiro atoms. The minimum Gasteiger partial charge on any atom is -0.508 e. The number of benzene rings is 1. The van der Waals surface area contributed by atoms with Gasteiger partial charge in [0.25, 0.3) is 5.91 Å². The van der Waals surface area contributed by atoms with Crippen LogP contribution >= 0.6 is 0 Å². The average molecular weight is 416 g/mol. The maximum Gasteiger partial charge on any atom is 0.322 e. The van der Waals surface area contributed by atoms with Gasteiger partial charge in [0, 0.05) is 38.8 Å². The third-order valence-electron chi connectivity index (χ3n) is 4.72. The van der Waals surface area contributed by atoms with E-state index in [4.69, 9.17) is 9.84 Å². The Bertz CT molecular complexity index is 881. The number of hydrogen-bond acceptors (Lipinski definition) is 8. The predicted molar refractivity (Wildman–Crippen MR) is 108 cm³/mol. The van der Waals surface area contributed by atoms with E-state index in [0.29, 0.717) is 18.0 Å². The molecule has 0 unspecified atom stereocenters. The first kappa shape index (κ1) is 21.2. The smallest absolute Gasteiger partial charge is 0.322 e. The quantitative estimate of drug-likeness (QED) is 0.485. The van der Waals surface area contributed by atoms with Gasteiger partial charge in [-0.3, -0.25) is 14.5 Å². The highest BCUT2D eigenvalue weighted by Crippen LogP contribution is 2.23. The largest absolute Gasteiger partial charge is 0.508 e. The van der Waals surface area contributed by atoms with Gasteiger partial charge in [0.1, 0.15) is 30.4 Å². The molecular weight excluding hydrogens is 392 g/mol. The van der Waals surface area contributed by atoms with Crippen LogP contribution in [-0.4, -0.2) is 83.0 Å². The van der Waals surface area contributed by atoms with Crippen LogP contribution in [0.2, 0.25) is 0 Å². The van der Waals surface area contributed by atoms with Gasteiger partial charge in [0.15, 0.2) is 5.69 Å². The van der Waals surface area contributed by atoms with Crippen molar-refractivity contribution < 1.29 is 29.6 Å². The van der Waals surface area contributed by atoms with E-state index in [1.54, 1.807) is 24.3 Å². The molecule has 1 aromatic heterocycles. The van der Waals surface area contributed by atoms with Crippen molar-refractivity contribution in [1.29, 1.82) is 0 Å². The van der Waals surface area contributed by atoms with Crippen LogP contribution < -0.4 is 15.0 Å². The van der Waals surface area contributed by atoms with Crippen LogP contribution in [0.25, 0.3) is 0 Å². The highest BCUT2D eigenvalue weighted by molar-refractivity contribution is 5.96. The number of nitrogens with one attached hydrogen (secondary N) is 1. The summed E-state index contributed by atoms with van der Waals surface area (Å²) in [5.74, 6) is -1.29. The molecule has 1 aromatic carbocycles. The Morgan fingerprint density at radius 1 is 1.10 bits per heavy atom. The molecule has 0 saturated carbocycles. The Labute approximate surface area is 173 Å². The zero-order valence-corrected chi connectivity index (χ0v) is 16.3. The number of phenolic OH excluding ortho intramolecular Hbond substituents is 1. The standard InChI is InChI=1S/C20H24N4O6/c25-15-1-3-16(4-2-15)30-10-9-23-5-7-24(8-6-23)14-11-17(26)19(21-12-14)20(29)22-13-18(27)28/h1-4,11-12,25-26H,5-10,13H2,(H,22,29)(H,27,28). The van der Waals surface area contributed by atoms with Gasteiger partial charge in [-0.1, -0.05) is 0 Å². The van der Waals surface area contributed by atoms with E-state index in [1.165, 1.54) is 12.3 Å². The molecule has 2 heterocycles. The number of phenols is 1. The molecule has 0 atom stereocenters. The Morgan fingerprint density at radius 2 is 1.80 bits per heavy atom. The normalized spacial score (nSPS) is 14.3. The second kappa shape index (κ2) is 9.79. The number of ether oxygens (including phenoxy) is 1. The van der Waals surface area contributed by atoms with E-state index in [9.17, 15) is 19.8 Å². The van der Waals surface area contributed by atoms with Crippen molar-refractivity contribution in [3.05, 3.63) is 42.2 Å². The molecule has 0 bridgehead atoms. The van der Waals surface area contributed by atoms with Crippen molar-refractivity contribution in [2.45, 2.75) is 0 Å². The number of nitrogens with zero attached hydrogens (tertiary/aromatic N) is 3. The van der Waals surface area contributed by atoms with Gasteiger partial charge in [0.2, 0.25) is 0 Å². The number of aromatic hydroxyl groups is 2. The summed E-state index contributed by atoms with van der Waals surface area (Å²) in [5, 5.41) is 30.2. The zero-order valence-electron chi connectivity index (χ0n) is 16.3. The van der Waals surface area contributed by atoms with Gasteiger partial charge in [-0.05, 0) is 24.3 Å². The number of carboxylic acids is 1. The minimum atomic E-state index is -1.18. The summed E-state index contributed by atoms with van der Waals surface area (Å²) in [6.07, 6.45) is 1.50. The van der Waals surface area contributed by atoms with Gasteiger partial charge in [0.05, 0.1) is 11.9 Å². The van der Waals surface area contributed by atoms with Crippen LogP contribution in [0.15, 0.2) is 36.5 Å². The lowest BCUT2D eigenvalue weighted by molar-refractivity contribution is -0.135. The van der Waals surface area contributed by atoms with Crippen molar-refractivity contribution in [1.82, 2.24) is 15.2 Å². The second-order valence-electron chi connectivity index (χ2n) is 6.81. The van der Waals surface area contributed by atoms with Crippen molar-refractivity contribution in [3.63, 3.8) is 0 Å². The Kier molecular flexibility index (Phi) is 6.91. The van der Waals surface area contributed by atoms with E-state index in [-0.39, 0.29) is 17.2 Å². The average Bonchev–Trinajstić information content (AvgIpc) is 2.74. The van der Waals surface area contributed by atoms with E-state index in [0.717, 1.165) is 32.7 Å². The van der Waals surface area contributed by atoms with Gasteiger partial charge >= 0.3 is 5.97 Å². The number of anilines is 1. The number of carbonyl (C=O) groups is 2. The molecule has 10 heteroatoms. The van der Waals surface area contributed by atoms with E-state index in [2.05, 4.69) is 20.1 Å². The zero-order chi connectivity index (χ0) is 21.5. The molecule has 1 aliphatic rings. The molecule has 0 aliphatic carbocycles. The second-order valence-corrected chi connectivity index (χ2v) is 6.81. The van der Waals surface area contributed by atoms with Gasteiger partial charge < -0.3 is 30.3 Å². The van der Waals surface area contributed by atoms with Crippen LogP contribution in [0.1, 0.15) is 10.5 Å². The summed E-state index contributed by atoms with van der Waals surface area (Å²) in [6, 6.07) is 8.07. The fourth-order valence-electron chi connectivity index (χ4n) is 3.09. The van der Waals surface area contributed by atoms with E-state index >= 15 is 0 Å². The number of carbonyl (C=O) groups excluding carboxylic acids is 1. The van der Waals surface area contributed by atoms with Crippen LogP contribution in [0.4, 0.5) is 5.69 Å². The predicted octanol–water partition coefficient (Wildman–Crippen LogP) is 0.508. The summed E-state index contributed by atoms with van der Waals surface area (Å²) in [6.45, 7) is 3.82. The third-order valence-corrected chi connectivity index (χ3v) is 4.72. The van der Waals surface area contributed by atoms with Crippen molar-refractivity contribution in [2.75, 3.05) is 50.8 Å². The Morgan fingerprint density at radius 3 is 2.43 bits per heavy atom. The number of piperazine rings is 1. The molecule has 160 valence electrons. The first-order valence-corrected chi connectivity index (χ1v) is 9.50. The minimum absolute atomic E-state index is 0.202. The number of aromatic nitrogens is 1. The highest BCUT2D eigenvalue weighted by Gasteiger charge is 2.20. The summed E-state index contributed by atoms with van der Waals surface area (Å²) in [5.41, 5.74) is 0.493. The molecule has 10 nitrogen and oxygen atoms in total. The van der Waals surface area contributed by atoms with Gasteiger partial charge in [-0.2, -0.15) is 0 Å². The van der Waals surface area contributed by atoms with Crippen LogP contribution in [0.5, 0.6) is 17.2 Å². The van der Waals surface area contributed by atoms with Crippen molar-refractivity contribution >= 4 is 17.6 Å². The monoisotopic (exact) mass is 416 g/mol. The van der Waals surface area contributed by atoms with Crippen LogP contribution in [-0.2, 0) is 4.79 Å². The molecule has 0 radical (unpaired) electrons. The molecule has 30 heavy (non-hydrogen) atoms. The maximum absolute atomic E-state index is 11.9. The third kappa shape index (κ3) is 5.74. The van der Waals surface area contributed by atoms with E-state index in [1.807, 2.05) is 0 Å². The number of pyridine rings is 1. The summed E-state index contributed by atoms with van der Waals surface area (Å²) >= 11 is 0. The maximum atomic E-state index is 11.9. The lowest BCUT2D eigenvalue weighted by Gasteiger charge is -2.35. The fraction of sp³-hybridized carbons (Fsp3) is 0.350. The Hall–Kier alpha value is -3.53. The molecule has 1 amide bonds. The van der Waals surface area contributed by atoms with Crippen LogP contribution in [0.3, 0.4) is 0 Å². The number of hydrogen-bond donors (Lipinski definition) is 4. The molecule has 4 N–H and O–H groups in total. The van der Waals surface area contributed by atoms with Crippen molar-refractivity contribution in [3.8, 4) is 17.2 Å². The number of carboxylic acid groups (broad SMARTS) is 1. The number of amides is 1. The molecule has 3 rings (SSSR count). The number of rotatable bonds is 8. The topological polar surface area (TPSA) is 135 Å². The lowest BCUT2D eigenvalue weighted by Crippen LogP contribution is -2.47. The van der Waals surface area contributed by atoms with Crippen LogP contribution in [0, 0.1) is 0 Å². The Balaban J connectivity index is 1.46. The summed E-state index contributed by atoms with van der Waals surface area (Å²) < 4.78 is 5.68. The van der Waals surface area contributed by atoms with Gasteiger partial charge in [-0.25, -0.2) is 4.98 Å². The lowest BCUT2D eigenvalue weighted by atomic mass is 10.2.